The van der Waals surface area contributed by atoms with Crippen LogP contribution < -0.4 is 11.1 Å². The van der Waals surface area contributed by atoms with Crippen LogP contribution in [0.25, 0.3) is 0 Å². The average Bonchev–Trinajstić information content (AvgIpc) is 2.60. The molecule has 6 nitrogen and oxygen atoms in total. The molecule has 2 rings (SSSR count). The lowest BCUT2D eigenvalue weighted by atomic mass is 9.92. The predicted molar refractivity (Wildman–Crippen MR) is 103 cm³/mol. The highest BCUT2D eigenvalue weighted by Gasteiger charge is 2.34. The molecule has 1 aliphatic heterocycles. The van der Waals surface area contributed by atoms with E-state index in [2.05, 4.69) is 21.2 Å². The summed E-state index contributed by atoms with van der Waals surface area (Å²) in [5.74, 6) is -0.445. The zero-order valence-corrected chi connectivity index (χ0v) is 16.9. The lowest BCUT2D eigenvalue weighted by molar-refractivity contribution is -0.141. The number of rotatable bonds is 5. The van der Waals surface area contributed by atoms with Crippen molar-refractivity contribution in [3.8, 4) is 0 Å². The van der Waals surface area contributed by atoms with Crippen LogP contribution in [0.3, 0.4) is 0 Å². The lowest BCUT2D eigenvalue weighted by Crippen LogP contribution is -2.57. The zero-order chi connectivity index (χ0) is 17.7. The number of amides is 2. The normalized spacial score (nSPS) is 17.8. The maximum absolute atomic E-state index is 12.7. The van der Waals surface area contributed by atoms with Gasteiger partial charge in [0.25, 0.3) is 0 Å². The first kappa shape index (κ1) is 21.9. The largest absolute Gasteiger partial charge is 0.378 e. The van der Waals surface area contributed by atoms with Crippen LogP contribution in [-0.4, -0.2) is 49.1 Å². The number of nitrogens with two attached hydrogens (primary N) is 1. The van der Waals surface area contributed by atoms with Crippen molar-refractivity contribution in [3.63, 3.8) is 0 Å². The number of ether oxygens (including phenoxy) is 1. The third-order valence-electron chi connectivity index (χ3n) is 4.25. The van der Waals surface area contributed by atoms with Crippen LogP contribution in [0.5, 0.6) is 0 Å². The average molecular weight is 435 g/mol. The van der Waals surface area contributed by atoms with E-state index >= 15 is 0 Å². The number of hydrogen-bond donors (Lipinski definition) is 2. The quantitative estimate of drug-likeness (QED) is 0.740. The molecule has 0 aromatic heterocycles. The third-order valence-corrected chi connectivity index (χ3v) is 4.78. The molecule has 1 saturated heterocycles. The Morgan fingerprint density at radius 2 is 1.88 bits per heavy atom. The Kier molecular flexibility index (Phi) is 8.34. The highest BCUT2D eigenvalue weighted by Crippen LogP contribution is 2.21. The van der Waals surface area contributed by atoms with Gasteiger partial charge in [0.2, 0.25) is 11.8 Å². The van der Waals surface area contributed by atoms with Gasteiger partial charge in [0.1, 0.15) is 11.6 Å². The zero-order valence-electron chi connectivity index (χ0n) is 14.5. The summed E-state index contributed by atoms with van der Waals surface area (Å²) < 4.78 is 6.17. The number of morpholine rings is 1. The van der Waals surface area contributed by atoms with E-state index in [1.54, 1.807) is 24.0 Å². The third kappa shape index (κ3) is 5.41. The highest BCUT2D eigenvalue weighted by molar-refractivity contribution is 9.10. The molecule has 3 N–H and O–H groups in total. The van der Waals surface area contributed by atoms with Crippen molar-refractivity contribution >= 4 is 40.2 Å². The molecule has 0 bridgehead atoms. The topological polar surface area (TPSA) is 84.7 Å². The number of hydrogen-bond acceptors (Lipinski definition) is 4. The maximum Gasteiger partial charge on any atom is 0.245 e. The number of nitrogens with one attached hydrogen (secondary N) is 1. The number of carbonyl (C=O) groups excluding carboxylic acids is 2. The number of carbonyl (C=O) groups is 2. The summed E-state index contributed by atoms with van der Waals surface area (Å²) in [6, 6.07) is 6.70. The van der Waals surface area contributed by atoms with Gasteiger partial charge in [0.05, 0.1) is 13.2 Å². The van der Waals surface area contributed by atoms with Gasteiger partial charge in [0, 0.05) is 17.6 Å². The first-order valence-electron chi connectivity index (χ1n) is 8.08. The van der Waals surface area contributed by atoms with E-state index in [9.17, 15) is 9.59 Å². The van der Waals surface area contributed by atoms with E-state index in [4.69, 9.17) is 10.5 Å². The number of halogens is 2. The summed E-state index contributed by atoms with van der Waals surface area (Å²) in [7, 11) is 0. The van der Waals surface area contributed by atoms with Crippen LogP contribution in [-0.2, 0) is 19.9 Å². The molecule has 1 aromatic rings. The molecule has 140 valence electrons. The Labute approximate surface area is 163 Å². The summed E-state index contributed by atoms with van der Waals surface area (Å²) in [4.78, 5) is 27.0. The molecular formula is C17H25BrClN3O3. The molecule has 2 amide bonds. The van der Waals surface area contributed by atoms with Crippen molar-refractivity contribution in [2.45, 2.75) is 31.8 Å². The monoisotopic (exact) mass is 433 g/mol. The van der Waals surface area contributed by atoms with E-state index in [1.807, 2.05) is 19.1 Å². The molecule has 8 heteroatoms. The summed E-state index contributed by atoms with van der Waals surface area (Å²) >= 11 is 3.36. The maximum atomic E-state index is 12.7. The molecule has 25 heavy (non-hydrogen) atoms. The van der Waals surface area contributed by atoms with Gasteiger partial charge in [-0.15, -0.1) is 12.4 Å². The Balaban J connectivity index is 0.00000312. The van der Waals surface area contributed by atoms with Gasteiger partial charge < -0.3 is 20.7 Å². The van der Waals surface area contributed by atoms with Gasteiger partial charge in [-0.1, -0.05) is 35.0 Å². The minimum atomic E-state index is -1.21. The molecule has 1 aromatic carbocycles. The van der Waals surface area contributed by atoms with Crippen LogP contribution in [0.15, 0.2) is 28.7 Å². The molecule has 2 unspecified atom stereocenters. The second-order valence-corrected chi connectivity index (χ2v) is 7.00. The Bertz CT molecular complexity index is 589. The number of nitrogens with zero attached hydrogens (tertiary/aromatic N) is 1. The fourth-order valence-electron chi connectivity index (χ4n) is 2.58. The summed E-state index contributed by atoms with van der Waals surface area (Å²) in [5, 5.41) is 2.81. The van der Waals surface area contributed by atoms with Crippen LogP contribution in [0, 0.1) is 0 Å². The standard InChI is InChI=1S/C17H24BrN3O3.ClH/c1-3-14(15(22)21-8-10-24-11-9-21)20-16(23)17(2,19)12-4-6-13(18)7-5-12;/h4-7,14H,3,8-11,19H2,1-2H3,(H,20,23);1H. The first-order valence-corrected chi connectivity index (χ1v) is 8.88. The molecule has 0 spiro atoms. The molecule has 0 saturated carbocycles. The Hall–Kier alpha value is -1.15. The number of benzene rings is 1. The van der Waals surface area contributed by atoms with Crippen molar-refractivity contribution in [2.75, 3.05) is 26.3 Å². The van der Waals surface area contributed by atoms with E-state index in [1.165, 1.54) is 0 Å². The van der Waals surface area contributed by atoms with E-state index in [0.29, 0.717) is 38.3 Å². The molecule has 0 aliphatic carbocycles. The molecule has 1 fully saturated rings. The van der Waals surface area contributed by atoms with Gasteiger partial charge >= 0.3 is 0 Å². The molecule has 1 aliphatic rings. The SMILES string of the molecule is CCC(NC(=O)C(C)(N)c1ccc(Br)cc1)C(=O)N1CCOCC1.Cl. The van der Waals surface area contributed by atoms with Crippen molar-refractivity contribution < 1.29 is 14.3 Å². The molecular weight excluding hydrogens is 410 g/mol. The van der Waals surface area contributed by atoms with Crippen molar-refractivity contribution in [1.29, 1.82) is 0 Å². The van der Waals surface area contributed by atoms with Gasteiger partial charge in [-0.2, -0.15) is 0 Å². The van der Waals surface area contributed by atoms with Gasteiger partial charge in [-0.05, 0) is 31.0 Å². The van der Waals surface area contributed by atoms with E-state index in [0.717, 1.165) is 4.47 Å². The van der Waals surface area contributed by atoms with E-state index in [-0.39, 0.29) is 24.2 Å². The van der Waals surface area contributed by atoms with Crippen LogP contribution in [0.2, 0.25) is 0 Å². The summed E-state index contributed by atoms with van der Waals surface area (Å²) in [5.41, 5.74) is 5.72. The fraction of sp³-hybridized carbons (Fsp3) is 0.529. The van der Waals surface area contributed by atoms with Gasteiger partial charge in [-0.3, -0.25) is 9.59 Å². The second-order valence-electron chi connectivity index (χ2n) is 6.08. The summed E-state index contributed by atoms with van der Waals surface area (Å²) in [6.07, 6.45) is 0.512. The van der Waals surface area contributed by atoms with Gasteiger partial charge in [-0.25, -0.2) is 0 Å². The fourth-order valence-corrected chi connectivity index (χ4v) is 2.84. The van der Waals surface area contributed by atoms with E-state index < -0.39 is 11.6 Å². The smallest absolute Gasteiger partial charge is 0.245 e. The molecule has 2 atom stereocenters. The predicted octanol–water partition coefficient (Wildman–Crippen LogP) is 1.80. The van der Waals surface area contributed by atoms with Crippen LogP contribution in [0.1, 0.15) is 25.8 Å². The highest BCUT2D eigenvalue weighted by atomic mass is 79.9. The van der Waals surface area contributed by atoms with Crippen molar-refractivity contribution in [2.24, 2.45) is 5.73 Å². The second kappa shape index (κ2) is 9.52. The first-order chi connectivity index (χ1) is 11.4. The van der Waals surface area contributed by atoms with Crippen LogP contribution in [0.4, 0.5) is 0 Å². The van der Waals surface area contributed by atoms with Crippen molar-refractivity contribution in [3.05, 3.63) is 34.3 Å². The Morgan fingerprint density at radius 3 is 2.40 bits per heavy atom. The van der Waals surface area contributed by atoms with Crippen LogP contribution >= 0.6 is 28.3 Å². The lowest BCUT2D eigenvalue weighted by Gasteiger charge is -2.32. The van der Waals surface area contributed by atoms with Gasteiger partial charge in [0.15, 0.2) is 0 Å². The minimum Gasteiger partial charge on any atom is -0.378 e. The van der Waals surface area contributed by atoms with Crippen molar-refractivity contribution in [1.82, 2.24) is 10.2 Å². The Morgan fingerprint density at radius 1 is 1.32 bits per heavy atom. The minimum absolute atomic E-state index is 0. The molecule has 1 heterocycles. The summed E-state index contributed by atoms with van der Waals surface area (Å²) in [6.45, 7) is 5.69. The molecule has 0 radical (unpaired) electrons.